The van der Waals surface area contributed by atoms with Crippen LogP contribution in [0.2, 0.25) is 0 Å². The lowest BCUT2D eigenvalue weighted by Crippen LogP contribution is -2.46. The maximum absolute atomic E-state index is 12.5. The maximum atomic E-state index is 12.5. The van der Waals surface area contributed by atoms with Gasteiger partial charge in [-0.3, -0.25) is 9.59 Å². The molecule has 1 atom stereocenters. The number of carbonyl (C=O) groups is 2. The molecule has 27 heavy (non-hydrogen) atoms. The first-order valence-corrected chi connectivity index (χ1v) is 9.70. The average Bonchev–Trinajstić information content (AvgIpc) is 3.03. The normalized spacial score (nSPS) is 12.2. The Labute approximate surface area is 162 Å². The summed E-state index contributed by atoms with van der Waals surface area (Å²) in [5.41, 5.74) is 3.91. The van der Waals surface area contributed by atoms with Crippen molar-refractivity contribution in [2.24, 2.45) is 5.92 Å². The molecule has 6 heteroatoms. The van der Waals surface area contributed by atoms with Gasteiger partial charge in [0.15, 0.2) is 0 Å². The number of aryl methyl sites for hydroxylation is 1. The van der Waals surface area contributed by atoms with Crippen LogP contribution in [-0.2, 0) is 9.59 Å². The van der Waals surface area contributed by atoms with Gasteiger partial charge in [-0.2, -0.15) is 0 Å². The highest BCUT2D eigenvalue weighted by molar-refractivity contribution is 7.21. The molecule has 1 aromatic heterocycles. The Bertz CT molecular complexity index is 977. The van der Waals surface area contributed by atoms with Gasteiger partial charge in [-0.1, -0.05) is 19.9 Å². The smallest absolute Gasteiger partial charge is 0.247 e. The third kappa shape index (κ3) is 4.52. The van der Waals surface area contributed by atoms with E-state index in [2.05, 4.69) is 34.7 Å². The number of hydrogen-bond acceptors (Lipinski definition) is 4. The molecule has 3 rings (SSSR count). The molecule has 3 aromatic rings. The van der Waals surface area contributed by atoms with Crippen molar-refractivity contribution in [1.29, 1.82) is 0 Å². The number of nitrogens with zero attached hydrogens (tertiary/aromatic N) is 1. The first-order valence-electron chi connectivity index (χ1n) is 8.89. The Morgan fingerprint density at radius 1 is 1.07 bits per heavy atom. The molecule has 0 spiro atoms. The van der Waals surface area contributed by atoms with E-state index in [1.54, 1.807) is 11.3 Å². The van der Waals surface area contributed by atoms with Crippen LogP contribution in [0, 0.1) is 12.8 Å². The van der Waals surface area contributed by atoms with Crippen LogP contribution < -0.4 is 10.6 Å². The van der Waals surface area contributed by atoms with Crippen molar-refractivity contribution in [1.82, 2.24) is 10.3 Å². The van der Waals surface area contributed by atoms with Crippen LogP contribution in [0.25, 0.3) is 20.8 Å². The van der Waals surface area contributed by atoms with E-state index in [1.165, 1.54) is 12.5 Å². The highest BCUT2D eigenvalue weighted by Gasteiger charge is 2.23. The number of hydrogen-bond donors (Lipinski definition) is 2. The summed E-state index contributed by atoms with van der Waals surface area (Å²) < 4.78 is 1.16. The Morgan fingerprint density at radius 3 is 2.41 bits per heavy atom. The van der Waals surface area contributed by atoms with Crippen LogP contribution in [-0.4, -0.2) is 22.8 Å². The first-order chi connectivity index (χ1) is 12.8. The van der Waals surface area contributed by atoms with E-state index in [0.717, 1.165) is 20.8 Å². The number of amides is 2. The van der Waals surface area contributed by atoms with E-state index < -0.39 is 6.04 Å². The third-order valence-electron chi connectivity index (χ3n) is 4.25. The zero-order valence-electron chi connectivity index (χ0n) is 15.9. The summed E-state index contributed by atoms with van der Waals surface area (Å²) in [5.74, 6) is -0.437. The van der Waals surface area contributed by atoms with Gasteiger partial charge < -0.3 is 10.6 Å². The van der Waals surface area contributed by atoms with E-state index in [1.807, 2.05) is 44.2 Å². The van der Waals surface area contributed by atoms with Crippen LogP contribution in [0.1, 0.15) is 26.3 Å². The summed E-state index contributed by atoms with van der Waals surface area (Å²) in [7, 11) is 0. The fourth-order valence-corrected chi connectivity index (χ4v) is 3.89. The van der Waals surface area contributed by atoms with Crippen molar-refractivity contribution < 1.29 is 9.59 Å². The summed E-state index contributed by atoms with van der Waals surface area (Å²) in [6.45, 7) is 7.29. The van der Waals surface area contributed by atoms with Gasteiger partial charge in [-0.15, -0.1) is 11.3 Å². The molecule has 1 heterocycles. The summed E-state index contributed by atoms with van der Waals surface area (Å²) in [6.07, 6.45) is 0. The molecular formula is C21H23N3O2S. The number of thiazole rings is 1. The molecule has 0 saturated heterocycles. The molecule has 0 bridgehead atoms. The van der Waals surface area contributed by atoms with E-state index >= 15 is 0 Å². The standard InChI is InChI=1S/C21H23N3O2S/c1-12(2)19(22-14(4)25)20(26)23-16-8-6-15(7-9-16)21-24-17-10-5-13(3)11-18(17)27-21/h5-12,19H,1-4H3,(H,22,25)(H,23,26)/t19-/m1/s1. The molecule has 140 valence electrons. The number of fused-ring (bicyclic) bond motifs is 1. The number of benzene rings is 2. The predicted octanol–water partition coefficient (Wildman–Crippen LogP) is 4.37. The van der Waals surface area contributed by atoms with Crippen molar-refractivity contribution in [3.63, 3.8) is 0 Å². The monoisotopic (exact) mass is 381 g/mol. The molecule has 2 amide bonds. The molecule has 2 aromatic carbocycles. The second kappa shape index (κ2) is 7.88. The fraction of sp³-hybridized carbons (Fsp3) is 0.286. The van der Waals surface area contributed by atoms with Crippen LogP contribution in [0.4, 0.5) is 5.69 Å². The molecule has 5 nitrogen and oxygen atoms in total. The quantitative estimate of drug-likeness (QED) is 0.689. The molecule has 0 unspecified atom stereocenters. The lowest BCUT2D eigenvalue weighted by Gasteiger charge is -2.20. The zero-order valence-corrected chi connectivity index (χ0v) is 16.7. The van der Waals surface area contributed by atoms with Gasteiger partial charge in [0.2, 0.25) is 11.8 Å². The Hall–Kier alpha value is -2.73. The Morgan fingerprint density at radius 2 is 1.78 bits per heavy atom. The van der Waals surface area contributed by atoms with Crippen molar-refractivity contribution >= 4 is 39.1 Å². The van der Waals surface area contributed by atoms with E-state index in [4.69, 9.17) is 0 Å². The van der Waals surface area contributed by atoms with Gasteiger partial charge in [0.25, 0.3) is 0 Å². The van der Waals surface area contributed by atoms with Crippen LogP contribution in [0.15, 0.2) is 42.5 Å². The van der Waals surface area contributed by atoms with E-state index in [0.29, 0.717) is 5.69 Å². The van der Waals surface area contributed by atoms with Gasteiger partial charge in [0, 0.05) is 18.2 Å². The number of carbonyl (C=O) groups excluding carboxylic acids is 2. The molecule has 2 N–H and O–H groups in total. The highest BCUT2D eigenvalue weighted by atomic mass is 32.1. The second-order valence-electron chi connectivity index (χ2n) is 6.98. The number of nitrogens with one attached hydrogen (secondary N) is 2. The summed E-state index contributed by atoms with van der Waals surface area (Å²) >= 11 is 1.65. The Balaban J connectivity index is 1.76. The van der Waals surface area contributed by atoms with Gasteiger partial charge in [0.1, 0.15) is 11.0 Å². The molecule has 0 fully saturated rings. The lowest BCUT2D eigenvalue weighted by atomic mass is 10.0. The first kappa shape index (κ1) is 19.0. The highest BCUT2D eigenvalue weighted by Crippen LogP contribution is 2.31. The van der Waals surface area contributed by atoms with E-state index in [-0.39, 0.29) is 17.7 Å². The molecular weight excluding hydrogens is 358 g/mol. The molecule has 0 radical (unpaired) electrons. The average molecular weight is 382 g/mol. The summed E-state index contributed by atoms with van der Waals surface area (Å²) in [5, 5.41) is 6.52. The van der Waals surface area contributed by atoms with Crippen molar-refractivity contribution in [3.05, 3.63) is 48.0 Å². The Kier molecular flexibility index (Phi) is 5.56. The van der Waals surface area contributed by atoms with Gasteiger partial charge in [0.05, 0.1) is 10.2 Å². The van der Waals surface area contributed by atoms with Gasteiger partial charge in [-0.25, -0.2) is 4.98 Å². The van der Waals surface area contributed by atoms with Gasteiger partial charge in [-0.05, 0) is 54.8 Å². The van der Waals surface area contributed by atoms with Crippen LogP contribution >= 0.6 is 11.3 Å². The molecule has 0 aliphatic heterocycles. The lowest BCUT2D eigenvalue weighted by molar-refractivity contribution is -0.126. The molecule has 0 aliphatic rings. The molecule has 0 saturated carbocycles. The van der Waals surface area contributed by atoms with Crippen molar-refractivity contribution in [3.8, 4) is 10.6 Å². The predicted molar refractivity (Wildman–Crippen MR) is 111 cm³/mol. The fourth-order valence-electron chi connectivity index (χ4n) is 2.83. The minimum atomic E-state index is -0.560. The third-order valence-corrected chi connectivity index (χ3v) is 5.32. The largest absolute Gasteiger partial charge is 0.344 e. The van der Waals surface area contributed by atoms with Crippen molar-refractivity contribution in [2.45, 2.75) is 33.7 Å². The summed E-state index contributed by atoms with van der Waals surface area (Å²) in [4.78, 5) is 28.5. The minimum absolute atomic E-state index is 0.000576. The van der Waals surface area contributed by atoms with Crippen molar-refractivity contribution in [2.75, 3.05) is 5.32 Å². The topological polar surface area (TPSA) is 71.1 Å². The van der Waals surface area contributed by atoms with Gasteiger partial charge >= 0.3 is 0 Å². The molecule has 0 aliphatic carbocycles. The summed E-state index contributed by atoms with van der Waals surface area (Å²) in [6, 6.07) is 13.3. The number of rotatable bonds is 5. The SMILES string of the molecule is CC(=O)N[C@@H](C(=O)Nc1ccc(-c2nc3ccc(C)cc3s2)cc1)C(C)C. The van der Waals surface area contributed by atoms with Crippen LogP contribution in [0.5, 0.6) is 0 Å². The zero-order chi connectivity index (χ0) is 19.6. The maximum Gasteiger partial charge on any atom is 0.247 e. The van der Waals surface area contributed by atoms with Crippen LogP contribution in [0.3, 0.4) is 0 Å². The second-order valence-corrected chi connectivity index (χ2v) is 8.01. The number of anilines is 1. The minimum Gasteiger partial charge on any atom is -0.344 e. The number of aromatic nitrogens is 1. The van der Waals surface area contributed by atoms with E-state index in [9.17, 15) is 9.59 Å².